The maximum absolute atomic E-state index is 12.6. The lowest BCUT2D eigenvalue weighted by Gasteiger charge is -2.42. The first-order valence-corrected chi connectivity index (χ1v) is 23.8. The number of para-hydroxylation sites is 1. The first-order valence-electron chi connectivity index (χ1n) is 23.8. The molecule has 0 fully saturated rings. The Morgan fingerprint density at radius 2 is 1.01 bits per heavy atom. The molecule has 1 N–H and O–H groups in total. The third-order valence-electron chi connectivity index (χ3n) is 14.4. The van der Waals surface area contributed by atoms with E-state index < -0.39 is 0 Å². The smallest absolute Gasteiger partial charge is 0.149 e. The lowest BCUT2D eigenvalue weighted by atomic mass is 9.61. The van der Waals surface area contributed by atoms with Gasteiger partial charge in [0.25, 0.3) is 0 Å². The van der Waals surface area contributed by atoms with Crippen molar-refractivity contribution in [3.8, 4) is 67.5 Å². The lowest BCUT2D eigenvalue weighted by Crippen LogP contribution is -2.27. The van der Waals surface area contributed by atoms with E-state index in [2.05, 4.69) is 228 Å². The average Bonchev–Trinajstić information content (AvgIpc) is 3.75. The van der Waals surface area contributed by atoms with Crippen molar-refractivity contribution in [2.24, 2.45) is 0 Å². The summed E-state index contributed by atoms with van der Waals surface area (Å²) in [5, 5.41) is 12.6. The molecule has 68 heavy (non-hydrogen) atoms. The Labute approximate surface area is 399 Å². The Kier molecular flexibility index (Phi) is 9.57. The molecule has 8 aromatic carbocycles. The van der Waals surface area contributed by atoms with Gasteiger partial charge in [-0.15, -0.1) is 0 Å². The summed E-state index contributed by atoms with van der Waals surface area (Å²) in [6.45, 7) is 13.6. The van der Waals surface area contributed by atoms with Crippen molar-refractivity contribution >= 4 is 11.0 Å². The number of fused-ring (bicyclic) bond motifs is 1. The second kappa shape index (κ2) is 15.6. The number of pyridine rings is 1. The molecule has 0 atom stereocenters. The van der Waals surface area contributed by atoms with Gasteiger partial charge in [0.1, 0.15) is 11.6 Å². The number of aromatic nitrogens is 3. The number of benzene rings is 8. The van der Waals surface area contributed by atoms with Crippen LogP contribution in [0.5, 0.6) is 5.75 Å². The largest absolute Gasteiger partial charge is 0.507 e. The Morgan fingerprint density at radius 3 is 1.65 bits per heavy atom. The van der Waals surface area contributed by atoms with Gasteiger partial charge in [0.05, 0.1) is 28.0 Å². The molecular weight excluding hydrogens is 827 g/mol. The highest BCUT2D eigenvalue weighted by atomic mass is 16.3. The van der Waals surface area contributed by atoms with Gasteiger partial charge in [0.2, 0.25) is 0 Å². The SMILES string of the molecule is CC(C)(C)c1cc(-c2cc(-c3ccccc3)ccn2)cc(-c2cccc3c2nc(-c2cc4c(cc2O)C2c5ccccc5C4c4ccccc42)n3-c2ccc(C(C)(C)C)cc2-c2ccccc2)c1. The van der Waals surface area contributed by atoms with Gasteiger partial charge in [-0.1, -0.05) is 175 Å². The molecular formula is C64H53N3O. The standard InChI is InChI=1S/C64H53N3O/c1-63(2,3)44-28-29-56(51(36-44)40-20-11-8-12-21-40)67-57-27-17-26-46(42-32-43(34-45(33-42)64(4,5)6)55-35-41(30-31-65-55)39-18-9-7-10-19-39)61(57)66-62(67)54-37-52-53(38-58(54)68)60-49-24-15-13-22-47(49)59(52)48-23-14-16-25-50(48)60/h7-38,59-60,68H,1-6H3. The van der Waals surface area contributed by atoms with Gasteiger partial charge in [-0.25, -0.2) is 4.98 Å². The summed E-state index contributed by atoms with van der Waals surface area (Å²) < 4.78 is 2.30. The highest BCUT2D eigenvalue weighted by Gasteiger charge is 2.42. The van der Waals surface area contributed by atoms with Crippen LogP contribution in [-0.4, -0.2) is 19.6 Å². The fourth-order valence-electron chi connectivity index (χ4n) is 10.9. The van der Waals surface area contributed by atoms with Crippen LogP contribution >= 0.6 is 0 Å². The van der Waals surface area contributed by atoms with Crippen LogP contribution in [0.2, 0.25) is 0 Å². The number of aromatic hydroxyl groups is 1. The fourth-order valence-corrected chi connectivity index (χ4v) is 10.9. The molecule has 2 aromatic heterocycles. The number of phenols is 1. The van der Waals surface area contributed by atoms with Crippen molar-refractivity contribution < 1.29 is 5.11 Å². The van der Waals surface area contributed by atoms with Gasteiger partial charge >= 0.3 is 0 Å². The van der Waals surface area contributed by atoms with Crippen molar-refractivity contribution in [1.82, 2.24) is 14.5 Å². The monoisotopic (exact) mass is 879 g/mol. The molecule has 4 heteroatoms. The predicted molar refractivity (Wildman–Crippen MR) is 280 cm³/mol. The number of hydrogen-bond acceptors (Lipinski definition) is 3. The lowest BCUT2D eigenvalue weighted by molar-refractivity contribution is 0.475. The summed E-state index contributed by atoms with van der Waals surface area (Å²) in [7, 11) is 0. The molecule has 0 unspecified atom stereocenters. The van der Waals surface area contributed by atoms with Crippen LogP contribution in [-0.2, 0) is 10.8 Å². The van der Waals surface area contributed by atoms with Crippen molar-refractivity contribution in [2.45, 2.75) is 64.2 Å². The summed E-state index contributed by atoms with van der Waals surface area (Å²) >= 11 is 0. The summed E-state index contributed by atoms with van der Waals surface area (Å²) in [6, 6.07) is 67.8. The van der Waals surface area contributed by atoms with E-state index in [9.17, 15) is 5.11 Å². The molecule has 0 radical (unpaired) electrons. The molecule has 0 amide bonds. The van der Waals surface area contributed by atoms with E-state index in [0.717, 1.165) is 66.9 Å². The second-order valence-electron chi connectivity index (χ2n) is 20.8. The number of nitrogens with zero attached hydrogens (tertiary/aromatic N) is 3. The normalized spacial score (nSPS) is 15.0. The number of imidazole rings is 1. The van der Waals surface area contributed by atoms with E-state index in [1.807, 2.05) is 12.3 Å². The molecule has 2 bridgehead atoms. The van der Waals surface area contributed by atoms with Crippen LogP contribution in [0.15, 0.2) is 194 Å². The minimum atomic E-state index is -0.148. The van der Waals surface area contributed by atoms with Crippen LogP contribution < -0.4 is 0 Å². The van der Waals surface area contributed by atoms with Gasteiger partial charge in [-0.05, 0) is 132 Å². The molecule has 0 aliphatic heterocycles. The van der Waals surface area contributed by atoms with Crippen molar-refractivity contribution in [3.63, 3.8) is 0 Å². The molecule has 0 saturated heterocycles. The molecule has 0 saturated carbocycles. The maximum Gasteiger partial charge on any atom is 0.149 e. The topological polar surface area (TPSA) is 50.9 Å². The molecule has 2 heterocycles. The van der Waals surface area contributed by atoms with E-state index in [1.54, 1.807) is 0 Å². The zero-order valence-corrected chi connectivity index (χ0v) is 39.4. The summed E-state index contributed by atoms with van der Waals surface area (Å²) in [5.74, 6) is 0.988. The number of phenolic OH excluding ortho intramolecular Hbond substituents is 1. The Morgan fingerprint density at radius 1 is 0.426 bits per heavy atom. The first-order chi connectivity index (χ1) is 32.9. The third-order valence-corrected chi connectivity index (χ3v) is 14.4. The van der Waals surface area contributed by atoms with Crippen LogP contribution in [0, 0.1) is 0 Å². The van der Waals surface area contributed by atoms with Gasteiger partial charge in [0.15, 0.2) is 0 Å². The quantitative estimate of drug-likeness (QED) is 0.181. The molecule has 3 aliphatic carbocycles. The number of hydrogen-bond donors (Lipinski definition) is 1. The maximum atomic E-state index is 12.6. The fraction of sp³-hybridized carbons (Fsp3) is 0.156. The van der Waals surface area contributed by atoms with Gasteiger partial charge in [-0.3, -0.25) is 9.55 Å². The Hall–Kier alpha value is -7.82. The zero-order chi connectivity index (χ0) is 46.5. The predicted octanol–water partition coefficient (Wildman–Crippen LogP) is 16.0. The summed E-state index contributed by atoms with van der Waals surface area (Å²) in [4.78, 5) is 10.7. The summed E-state index contributed by atoms with van der Waals surface area (Å²) in [6.07, 6.45) is 1.92. The molecule has 4 nitrogen and oxygen atoms in total. The molecule has 13 rings (SSSR count). The zero-order valence-electron chi connectivity index (χ0n) is 39.4. The second-order valence-corrected chi connectivity index (χ2v) is 20.8. The van der Waals surface area contributed by atoms with Crippen LogP contribution in [0.4, 0.5) is 0 Å². The molecule has 330 valence electrons. The van der Waals surface area contributed by atoms with Crippen LogP contribution in [0.25, 0.3) is 72.7 Å². The minimum absolute atomic E-state index is 0.0358. The molecule has 0 spiro atoms. The Bertz CT molecular complexity index is 3560. The van der Waals surface area contributed by atoms with Crippen molar-refractivity contribution in [3.05, 3.63) is 239 Å². The highest BCUT2D eigenvalue weighted by Crippen LogP contribution is 2.57. The number of rotatable bonds is 6. The first kappa shape index (κ1) is 41.6. The van der Waals surface area contributed by atoms with Gasteiger partial charge in [0, 0.05) is 34.7 Å². The van der Waals surface area contributed by atoms with E-state index in [0.29, 0.717) is 11.4 Å². The van der Waals surface area contributed by atoms with Gasteiger partial charge in [-0.2, -0.15) is 0 Å². The van der Waals surface area contributed by atoms with Gasteiger partial charge < -0.3 is 5.11 Å². The van der Waals surface area contributed by atoms with E-state index in [-0.39, 0.29) is 28.4 Å². The van der Waals surface area contributed by atoms with E-state index in [4.69, 9.17) is 9.97 Å². The van der Waals surface area contributed by atoms with E-state index in [1.165, 1.54) is 38.9 Å². The molecule has 3 aliphatic rings. The van der Waals surface area contributed by atoms with Crippen molar-refractivity contribution in [1.29, 1.82) is 0 Å². The third kappa shape index (κ3) is 6.81. The minimum Gasteiger partial charge on any atom is -0.507 e. The highest BCUT2D eigenvalue weighted by molar-refractivity contribution is 5.98. The Balaban J connectivity index is 1.12. The molecule has 10 aromatic rings. The van der Waals surface area contributed by atoms with Crippen LogP contribution in [0.3, 0.4) is 0 Å². The van der Waals surface area contributed by atoms with E-state index >= 15 is 0 Å². The summed E-state index contributed by atoms with van der Waals surface area (Å²) in [5.41, 5.74) is 22.0. The van der Waals surface area contributed by atoms with Crippen molar-refractivity contribution in [2.75, 3.05) is 0 Å². The van der Waals surface area contributed by atoms with Crippen LogP contribution in [0.1, 0.15) is 97.9 Å². The average molecular weight is 880 g/mol.